The molecule has 2 heterocycles. The van der Waals surface area contributed by atoms with Crippen LogP contribution in [0.25, 0.3) is 11.5 Å². The molecule has 2 aromatic heterocycles. The third kappa shape index (κ3) is 3.89. The van der Waals surface area contributed by atoms with Gasteiger partial charge in [-0.15, -0.1) is 0 Å². The van der Waals surface area contributed by atoms with Gasteiger partial charge in [0.1, 0.15) is 5.76 Å². The molecule has 0 saturated heterocycles. The molecular weight excluding hydrogens is 298 g/mol. The van der Waals surface area contributed by atoms with Gasteiger partial charge in [-0.3, -0.25) is 9.88 Å². The molecule has 1 aromatic carbocycles. The van der Waals surface area contributed by atoms with Crippen LogP contribution in [0.1, 0.15) is 31.0 Å². The molecule has 4 nitrogen and oxygen atoms in total. The number of aromatic nitrogens is 2. The Hall–Kier alpha value is -2.46. The largest absolute Gasteiger partial charge is 0.441 e. The Balaban J connectivity index is 1.79. The van der Waals surface area contributed by atoms with Crippen LogP contribution >= 0.6 is 0 Å². The zero-order valence-corrected chi connectivity index (χ0v) is 14.4. The molecule has 0 N–H and O–H groups in total. The van der Waals surface area contributed by atoms with Crippen LogP contribution < -0.4 is 0 Å². The molecule has 24 heavy (non-hydrogen) atoms. The van der Waals surface area contributed by atoms with Crippen molar-refractivity contribution in [2.24, 2.45) is 0 Å². The van der Waals surface area contributed by atoms with Crippen molar-refractivity contribution in [2.75, 3.05) is 0 Å². The van der Waals surface area contributed by atoms with Crippen molar-refractivity contribution in [1.29, 1.82) is 0 Å². The first-order valence-corrected chi connectivity index (χ1v) is 8.29. The summed E-state index contributed by atoms with van der Waals surface area (Å²) in [5.41, 5.74) is 3.06. The minimum atomic E-state index is 0.392. The molecule has 0 saturated carbocycles. The van der Waals surface area contributed by atoms with E-state index in [-0.39, 0.29) is 0 Å². The highest BCUT2D eigenvalue weighted by Crippen LogP contribution is 2.23. The summed E-state index contributed by atoms with van der Waals surface area (Å²) in [5, 5.41) is 0. The van der Waals surface area contributed by atoms with Crippen molar-refractivity contribution >= 4 is 0 Å². The number of nitrogens with zero attached hydrogens (tertiary/aromatic N) is 3. The fraction of sp³-hybridized carbons (Fsp3) is 0.300. The fourth-order valence-electron chi connectivity index (χ4n) is 2.59. The van der Waals surface area contributed by atoms with Gasteiger partial charge in [-0.05, 0) is 45.0 Å². The van der Waals surface area contributed by atoms with E-state index >= 15 is 0 Å². The molecule has 0 amide bonds. The maximum Gasteiger partial charge on any atom is 0.226 e. The van der Waals surface area contributed by atoms with E-state index in [9.17, 15) is 0 Å². The maximum absolute atomic E-state index is 5.88. The van der Waals surface area contributed by atoms with E-state index in [1.54, 1.807) is 0 Å². The van der Waals surface area contributed by atoms with E-state index < -0.39 is 0 Å². The highest BCUT2D eigenvalue weighted by molar-refractivity contribution is 5.53. The zero-order valence-electron chi connectivity index (χ0n) is 14.4. The molecule has 0 atom stereocenters. The molecule has 0 bridgehead atoms. The van der Waals surface area contributed by atoms with Gasteiger partial charge >= 0.3 is 0 Å². The first-order valence-electron chi connectivity index (χ1n) is 8.29. The highest BCUT2D eigenvalue weighted by atomic mass is 16.4. The molecule has 0 unspecified atom stereocenters. The summed E-state index contributed by atoms with van der Waals surface area (Å²) in [6, 6.07) is 16.4. The Morgan fingerprint density at radius 2 is 1.75 bits per heavy atom. The van der Waals surface area contributed by atoms with Gasteiger partial charge in [0.15, 0.2) is 0 Å². The lowest BCUT2D eigenvalue weighted by atomic mass is 10.2. The summed E-state index contributed by atoms with van der Waals surface area (Å²) in [6.07, 6.45) is 1.84. The van der Waals surface area contributed by atoms with Crippen LogP contribution in [0.15, 0.2) is 59.1 Å². The third-order valence-corrected chi connectivity index (χ3v) is 4.09. The maximum atomic E-state index is 5.88. The summed E-state index contributed by atoms with van der Waals surface area (Å²) < 4.78 is 5.88. The number of aryl methyl sites for hydroxylation is 1. The molecule has 0 fully saturated rings. The van der Waals surface area contributed by atoms with Gasteiger partial charge in [-0.2, -0.15) is 0 Å². The van der Waals surface area contributed by atoms with E-state index in [0.29, 0.717) is 11.9 Å². The number of oxazole rings is 1. The normalized spacial score (nSPS) is 11.4. The lowest BCUT2D eigenvalue weighted by molar-refractivity contribution is 0.198. The molecule has 3 rings (SSSR count). The Morgan fingerprint density at radius 3 is 2.42 bits per heavy atom. The third-order valence-electron chi connectivity index (χ3n) is 4.09. The van der Waals surface area contributed by atoms with Crippen molar-refractivity contribution in [3.05, 3.63) is 71.9 Å². The SMILES string of the molecule is Cc1oc(-c2ccccc2)nc1CN(Cc1ccccn1)C(C)C. The van der Waals surface area contributed by atoms with E-state index in [4.69, 9.17) is 9.40 Å². The van der Waals surface area contributed by atoms with Gasteiger partial charge in [-0.25, -0.2) is 4.98 Å². The predicted octanol–water partition coefficient (Wildman–Crippen LogP) is 4.46. The molecule has 0 aliphatic rings. The van der Waals surface area contributed by atoms with Crippen molar-refractivity contribution in [1.82, 2.24) is 14.9 Å². The Morgan fingerprint density at radius 1 is 1.00 bits per heavy atom. The first-order chi connectivity index (χ1) is 11.6. The van der Waals surface area contributed by atoms with E-state index in [2.05, 4.69) is 29.8 Å². The summed E-state index contributed by atoms with van der Waals surface area (Å²) in [6.45, 7) is 7.91. The Labute approximate surface area is 143 Å². The number of rotatable bonds is 6. The van der Waals surface area contributed by atoms with E-state index in [1.165, 1.54) is 0 Å². The minimum absolute atomic E-state index is 0.392. The second-order valence-electron chi connectivity index (χ2n) is 6.21. The average Bonchev–Trinajstić information content (AvgIpc) is 2.97. The quantitative estimate of drug-likeness (QED) is 0.672. The molecular formula is C20H23N3O. The number of pyridine rings is 1. The number of hydrogen-bond donors (Lipinski definition) is 0. The molecule has 0 radical (unpaired) electrons. The summed E-state index contributed by atoms with van der Waals surface area (Å²) >= 11 is 0. The molecule has 4 heteroatoms. The average molecular weight is 321 g/mol. The van der Waals surface area contributed by atoms with Gasteiger partial charge in [-0.1, -0.05) is 24.3 Å². The summed E-state index contributed by atoms with van der Waals surface area (Å²) in [4.78, 5) is 11.5. The number of hydrogen-bond acceptors (Lipinski definition) is 4. The monoisotopic (exact) mass is 321 g/mol. The van der Waals surface area contributed by atoms with E-state index in [1.807, 2.05) is 55.6 Å². The van der Waals surface area contributed by atoms with Gasteiger partial charge in [0, 0.05) is 30.9 Å². The van der Waals surface area contributed by atoms with Crippen molar-refractivity contribution in [2.45, 2.75) is 39.9 Å². The smallest absolute Gasteiger partial charge is 0.226 e. The van der Waals surface area contributed by atoms with Gasteiger partial charge in [0.2, 0.25) is 5.89 Å². The molecule has 0 aliphatic heterocycles. The van der Waals surface area contributed by atoms with Gasteiger partial charge in [0.05, 0.1) is 11.4 Å². The fourth-order valence-corrected chi connectivity index (χ4v) is 2.59. The summed E-state index contributed by atoms with van der Waals surface area (Å²) in [7, 11) is 0. The van der Waals surface area contributed by atoms with Crippen LogP contribution in [-0.4, -0.2) is 20.9 Å². The second-order valence-corrected chi connectivity index (χ2v) is 6.21. The first kappa shape index (κ1) is 16.4. The van der Waals surface area contributed by atoms with Crippen LogP contribution in [-0.2, 0) is 13.1 Å². The molecule has 3 aromatic rings. The topological polar surface area (TPSA) is 42.2 Å². The minimum Gasteiger partial charge on any atom is -0.441 e. The van der Waals surface area contributed by atoms with E-state index in [0.717, 1.165) is 35.8 Å². The van der Waals surface area contributed by atoms with Crippen LogP contribution in [0.3, 0.4) is 0 Å². The molecule has 124 valence electrons. The van der Waals surface area contributed by atoms with Crippen LogP contribution in [0.2, 0.25) is 0 Å². The van der Waals surface area contributed by atoms with Gasteiger partial charge in [0.25, 0.3) is 0 Å². The standard InChI is InChI=1S/C20H23N3O/c1-15(2)23(13-18-11-7-8-12-21-18)14-19-16(3)24-20(22-19)17-9-5-4-6-10-17/h4-12,15H,13-14H2,1-3H3. The molecule has 0 spiro atoms. The predicted molar refractivity (Wildman–Crippen MR) is 95.3 cm³/mol. The Kier molecular flexibility index (Phi) is 5.06. The molecule has 0 aliphatic carbocycles. The Bertz CT molecular complexity index is 766. The van der Waals surface area contributed by atoms with Crippen molar-refractivity contribution in [3.63, 3.8) is 0 Å². The number of benzene rings is 1. The van der Waals surface area contributed by atoms with Crippen molar-refractivity contribution in [3.8, 4) is 11.5 Å². The summed E-state index contributed by atoms with van der Waals surface area (Å²) in [5.74, 6) is 1.56. The van der Waals surface area contributed by atoms with Crippen LogP contribution in [0.5, 0.6) is 0 Å². The lowest BCUT2D eigenvalue weighted by Crippen LogP contribution is -2.30. The lowest BCUT2D eigenvalue weighted by Gasteiger charge is -2.25. The highest BCUT2D eigenvalue weighted by Gasteiger charge is 2.17. The van der Waals surface area contributed by atoms with Crippen LogP contribution in [0.4, 0.5) is 0 Å². The second kappa shape index (κ2) is 7.41. The van der Waals surface area contributed by atoms with Gasteiger partial charge < -0.3 is 4.42 Å². The van der Waals surface area contributed by atoms with Crippen LogP contribution in [0, 0.1) is 6.92 Å². The van der Waals surface area contributed by atoms with Crippen molar-refractivity contribution < 1.29 is 4.42 Å². The zero-order chi connectivity index (χ0) is 16.9.